The first-order valence-electron chi connectivity index (χ1n) is 5.55. The Morgan fingerprint density at radius 3 is 2.42 bits per heavy atom. The molecular weight excluding hydrogens is 265 g/mol. The second kappa shape index (κ2) is 5.63. The van der Waals surface area contributed by atoms with Gasteiger partial charge in [-0.1, -0.05) is 12.1 Å². The highest BCUT2D eigenvalue weighted by atomic mass is 35.5. The number of nitrogens with one attached hydrogen (secondary N) is 1. The lowest BCUT2D eigenvalue weighted by Crippen LogP contribution is -1.95. The van der Waals surface area contributed by atoms with Crippen LogP contribution >= 0.6 is 12.4 Å². The highest BCUT2D eigenvalue weighted by Gasteiger charge is 2.02. The highest BCUT2D eigenvalue weighted by molar-refractivity contribution is 5.90. The van der Waals surface area contributed by atoms with Gasteiger partial charge in [0.05, 0.1) is 5.52 Å². The van der Waals surface area contributed by atoms with Gasteiger partial charge in [-0.15, -0.1) is 12.4 Å². The summed E-state index contributed by atoms with van der Waals surface area (Å²) in [5.74, 6) is 0.459. The van der Waals surface area contributed by atoms with Gasteiger partial charge >= 0.3 is 0 Å². The number of hydrogen-bond acceptors (Lipinski definition) is 3. The van der Waals surface area contributed by atoms with Crippen LogP contribution < -0.4 is 5.32 Å². The Labute approximate surface area is 115 Å². The number of anilines is 2. The minimum atomic E-state index is -0.256. The summed E-state index contributed by atoms with van der Waals surface area (Å²) >= 11 is 0. The molecular formula is C14H11ClFN3. The quantitative estimate of drug-likeness (QED) is 0.770. The van der Waals surface area contributed by atoms with Gasteiger partial charge in [0, 0.05) is 11.1 Å². The number of nitrogens with zero attached hydrogens (tertiary/aromatic N) is 2. The summed E-state index contributed by atoms with van der Waals surface area (Å²) < 4.78 is 12.8. The predicted molar refractivity (Wildman–Crippen MR) is 76.5 cm³/mol. The monoisotopic (exact) mass is 275 g/mol. The lowest BCUT2D eigenvalue weighted by molar-refractivity contribution is 0.628. The van der Waals surface area contributed by atoms with Crippen LogP contribution in [-0.2, 0) is 0 Å². The molecule has 0 fully saturated rings. The predicted octanol–water partition coefficient (Wildman–Crippen LogP) is 3.93. The fraction of sp³-hybridized carbons (Fsp3) is 0. The lowest BCUT2D eigenvalue weighted by atomic mass is 10.2. The fourth-order valence-corrected chi connectivity index (χ4v) is 1.77. The van der Waals surface area contributed by atoms with Gasteiger partial charge in [0.2, 0.25) is 0 Å². The number of rotatable bonds is 2. The molecule has 0 bridgehead atoms. The number of benzene rings is 2. The zero-order valence-corrected chi connectivity index (χ0v) is 10.7. The molecule has 19 heavy (non-hydrogen) atoms. The van der Waals surface area contributed by atoms with Crippen molar-refractivity contribution in [1.29, 1.82) is 0 Å². The maximum atomic E-state index is 12.8. The summed E-state index contributed by atoms with van der Waals surface area (Å²) in [6, 6.07) is 13.9. The first-order chi connectivity index (χ1) is 8.83. The number of hydrogen-bond donors (Lipinski definition) is 1. The molecule has 0 atom stereocenters. The third-order valence-corrected chi connectivity index (χ3v) is 2.65. The Hall–Kier alpha value is -2.20. The molecule has 3 aromatic rings. The molecule has 5 heteroatoms. The van der Waals surface area contributed by atoms with E-state index in [9.17, 15) is 4.39 Å². The third kappa shape index (κ3) is 2.80. The average molecular weight is 276 g/mol. The van der Waals surface area contributed by atoms with E-state index < -0.39 is 0 Å². The highest BCUT2D eigenvalue weighted by Crippen LogP contribution is 2.22. The second-order valence-corrected chi connectivity index (χ2v) is 3.87. The van der Waals surface area contributed by atoms with Crippen LogP contribution in [0.3, 0.4) is 0 Å². The van der Waals surface area contributed by atoms with Crippen LogP contribution in [0.2, 0.25) is 0 Å². The zero-order valence-electron chi connectivity index (χ0n) is 9.88. The van der Waals surface area contributed by atoms with Crippen LogP contribution in [-0.4, -0.2) is 9.97 Å². The molecule has 0 spiro atoms. The molecule has 0 saturated heterocycles. The first-order valence-corrected chi connectivity index (χ1v) is 5.55. The molecule has 1 aromatic heterocycles. The van der Waals surface area contributed by atoms with Crippen LogP contribution in [0.1, 0.15) is 0 Å². The van der Waals surface area contributed by atoms with Crippen LogP contribution in [0.4, 0.5) is 15.9 Å². The van der Waals surface area contributed by atoms with Gasteiger partial charge in [0.1, 0.15) is 18.0 Å². The summed E-state index contributed by atoms with van der Waals surface area (Å²) in [6.45, 7) is 0. The molecule has 0 aliphatic carbocycles. The van der Waals surface area contributed by atoms with Gasteiger partial charge in [-0.25, -0.2) is 14.4 Å². The molecule has 1 N–H and O–H groups in total. The van der Waals surface area contributed by atoms with Crippen molar-refractivity contribution in [2.75, 3.05) is 5.32 Å². The molecule has 1 heterocycles. The van der Waals surface area contributed by atoms with Crippen molar-refractivity contribution in [1.82, 2.24) is 9.97 Å². The Bertz CT molecular complexity index is 680. The SMILES string of the molecule is Cl.Fc1ccc(Nc2ncnc3ccccc23)cc1. The van der Waals surface area contributed by atoms with Crippen molar-refractivity contribution >= 4 is 34.8 Å². The van der Waals surface area contributed by atoms with E-state index in [-0.39, 0.29) is 18.2 Å². The van der Waals surface area contributed by atoms with Gasteiger partial charge in [0.25, 0.3) is 0 Å². The summed E-state index contributed by atoms with van der Waals surface area (Å²) in [6.07, 6.45) is 1.51. The standard InChI is InChI=1S/C14H10FN3.ClH/c15-10-5-7-11(8-6-10)18-14-12-3-1-2-4-13(12)16-9-17-14;/h1-9H,(H,16,17,18);1H. The minimum Gasteiger partial charge on any atom is -0.340 e. The molecule has 3 rings (SSSR count). The van der Waals surface area contributed by atoms with E-state index in [0.717, 1.165) is 16.6 Å². The van der Waals surface area contributed by atoms with E-state index in [0.29, 0.717) is 5.82 Å². The molecule has 0 amide bonds. The number of fused-ring (bicyclic) bond motifs is 1. The number of halogens is 2. The van der Waals surface area contributed by atoms with E-state index in [2.05, 4.69) is 15.3 Å². The van der Waals surface area contributed by atoms with Crippen molar-refractivity contribution in [3.05, 3.63) is 60.7 Å². The lowest BCUT2D eigenvalue weighted by Gasteiger charge is -2.07. The van der Waals surface area contributed by atoms with Gasteiger partial charge in [0.15, 0.2) is 0 Å². The number of aromatic nitrogens is 2. The zero-order chi connectivity index (χ0) is 12.4. The number of para-hydroxylation sites is 1. The molecule has 0 unspecified atom stereocenters. The molecule has 2 aromatic carbocycles. The van der Waals surface area contributed by atoms with Gasteiger partial charge in [-0.2, -0.15) is 0 Å². The van der Waals surface area contributed by atoms with Gasteiger partial charge < -0.3 is 5.32 Å². The van der Waals surface area contributed by atoms with Gasteiger partial charge in [-0.3, -0.25) is 0 Å². The van der Waals surface area contributed by atoms with Crippen LogP contribution in [0.15, 0.2) is 54.9 Å². The van der Waals surface area contributed by atoms with Gasteiger partial charge in [-0.05, 0) is 36.4 Å². The molecule has 0 aliphatic rings. The molecule has 0 radical (unpaired) electrons. The molecule has 0 aliphatic heterocycles. The topological polar surface area (TPSA) is 37.8 Å². The van der Waals surface area contributed by atoms with Crippen molar-refractivity contribution in [3.8, 4) is 0 Å². The normalized spacial score (nSPS) is 9.95. The average Bonchev–Trinajstić information content (AvgIpc) is 2.42. The van der Waals surface area contributed by atoms with E-state index in [4.69, 9.17) is 0 Å². The van der Waals surface area contributed by atoms with E-state index in [1.165, 1.54) is 18.5 Å². The summed E-state index contributed by atoms with van der Waals surface area (Å²) in [7, 11) is 0. The second-order valence-electron chi connectivity index (χ2n) is 3.87. The first kappa shape index (κ1) is 13.2. The molecule has 3 nitrogen and oxygen atoms in total. The Morgan fingerprint density at radius 2 is 1.63 bits per heavy atom. The summed E-state index contributed by atoms with van der Waals surface area (Å²) in [5.41, 5.74) is 1.66. The fourth-order valence-electron chi connectivity index (χ4n) is 1.77. The van der Waals surface area contributed by atoms with E-state index >= 15 is 0 Å². The molecule has 0 saturated carbocycles. The van der Waals surface area contributed by atoms with Crippen LogP contribution in [0, 0.1) is 5.82 Å². The summed E-state index contributed by atoms with van der Waals surface area (Å²) in [4.78, 5) is 8.40. The van der Waals surface area contributed by atoms with Crippen LogP contribution in [0.5, 0.6) is 0 Å². The van der Waals surface area contributed by atoms with E-state index in [1.807, 2.05) is 24.3 Å². The Kier molecular flexibility index (Phi) is 3.92. The van der Waals surface area contributed by atoms with Crippen LogP contribution in [0.25, 0.3) is 10.9 Å². The Morgan fingerprint density at radius 1 is 0.895 bits per heavy atom. The smallest absolute Gasteiger partial charge is 0.141 e. The summed E-state index contributed by atoms with van der Waals surface area (Å²) in [5, 5.41) is 4.09. The van der Waals surface area contributed by atoms with Crippen molar-refractivity contribution in [2.45, 2.75) is 0 Å². The van der Waals surface area contributed by atoms with E-state index in [1.54, 1.807) is 12.1 Å². The maximum absolute atomic E-state index is 12.8. The van der Waals surface area contributed by atoms with Crippen molar-refractivity contribution in [3.63, 3.8) is 0 Å². The van der Waals surface area contributed by atoms with Crippen molar-refractivity contribution < 1.29 is 4.39 Å². The van der Waals surface area contributed by atoms with Crippen molar-refractivity contribution in [2.24, 2.45) is 0 Å². The molecule has 96 valence electrons. The Balaban J connectivity index is 0.00000133. The largest absolute Gasteiger partial charge is 0.340 e. The third-order valence-electron chi connectivity index (χ3n) is 2.65. The maximum Gasteiger partial charge on any atom is 0.141 e. The minimum absolute atomic E-state index is 0.